The lowest BCUT2D eigenvalue weighted by Gasteiger charge is -2.26. The molecule has 4 rings (SSSR count). The first-order chi connectivity index (χ1) is 18.4. The van der Waals surface area contributed by atoms with Gasteiger partial charge in [-0.15, -0.1) is 0 Å². The number of rotatable bonds is 12. The van der Waals surface area contributed by atoms with Crippen LogP contribution in [-0.2, 0) is 17.9 Å². The van der Waals surface area contributed by atoms with Crippen LogP contribution in [0.1, 0.15) is 40.7 Å². The molecule has 3 aromatic rings. The number of hydrogen-bond donors (Lipinski definition) is 2. The summed E-state index contributed by atoms with van der Waals surface area (Å²) >= 11 is 0. The van der Waals surface area contributed by atoms with Crippen molar-refractivity contribution in [2.24, 2.45) is 0 Å². The zero-order valence-corrected chi connectivity index (χ0v) is 21.0. The average molecular weight is 526 g/mol. The van der Waals surface area contributed by atoms with Gasteiger partial charge in [0.2, 0.25) is 0 Å². The van der Waals surface area contributed by atoms with Gasteiger partial charge >= 0.3 is 5.63 Å². The minimum Gasteiger partial charge on any atom is -0.493 e. The number of carbonyl (C=O) groups excluding carboxylic acids is 1. The molecule has 0 unspecified atom stereocenters. The molecule has 1 saturated heterocycles. The molecule has 202 valence electrons. The van der Waals surface area contributed by atoms with Crippen LogP contribution in [0.3, 0.4) is 0 Å². The molecule has 0 saturated carbocycles. The summed E-state index contributed by atoms with van der Waals surface area (Å²) in [6, 6.07) is 11.1. The Hall–Kier alpha value is -3.80. The number of aliphatic hydroxyl groups excluding tert-OH is 1. The Balaban J connectivity index is 1.21. The van der Waals surface area contributed by atoms with Crippen molar-refractivity contribution in [3.05, 3.63) is 79.7 Å². The lowest BCUT2D eigenvalue weighted by atomic mass is 10.1. The van der Waals surface area contributed by atoms with Gasteiger partial charge < -0.3 is 24.3 Å². The van der Waals surface area contributed by atoms with Crippen LogP contribution in [0.2, 0.25) is 0 Å². The molecule has 0 aliphatic carbocycles. The quantitative estimate of drug-likeness (QED) is 0.158. The van der Waals surface area contributed by atoms with Crippen molar-refractivity contribution in [1.29, 1.82) is 0 Å². The number of hydrogen-bond acceptors (Lipinski definition) is 9. The van der Waals surface area contributed by atoms with Gasteiger partial charge in [0.15, 0.2) is 0 Å². The Labute approximate surface area is 219 Å². The minimum atomic E-state index is -0.615. The number of nitro groups is 1. The van der Waals surface area contributed by atoms with Crippen molar-refractivity contribution in [3.63, 3.8) is 0 Å². The fraction of sp³-hybridized carbons (Fsp3) is 0.407. The molecular weight excluding hydrogens is 494 g/mol. The number of unbranched alkanes of at least 4 members (excludes halogenated alkanes) is 2. The summed E-state index contributed by atoms with van der Waals surface area (Å²) in [5.41, 5.74) is 1.08. The van der Waals surface area contributed by atoms with Gasteiger partial charge in [0.1, 0.15) is 11.3 Å². The highest BCUT2D eigenvalue weighted by molar-refractivity contribution is 5.95. The molecule has 38 heavy (non-hydrogen) atoms. The van der Waals surface area contributed by atoms with E-state index < -0.39 is 17.4 Å². The molecule has 2 N–H and O–H groups in total. The third-order valence-electron chi connectivity index (χ3n) is 6.39. The third kappa shape index (κ3) is 7.15. The smallest absolute Gasteiger partial charge is 0.336 e. The van der Waals surface area contributed by atoms with Gasteiger partial charge in [0.25, 0.3) is 11.6 Å². The van der Waals surface area contributed by atoms with Gasteiger partial charge in [0, 0.05) is 55.3 Å². The summed E-state index contributed by atoms with van der Waals surface area (Å²) < 4.78 is 16.6. The molecule has 0 bridgehead atoms. The SMILES string of the molecule is O=C(NCCCCCOc1ccc2c(CN3CCOCC3)cc(=O)oc2c1)c1ccc(CO)c([N+](=O)[O-])c1. The number of amides is 1. The summed E-state index contributed by atoms with van der Waals surface area (Å²) in [6.45, 7) is 4.10. The Morgan fingerprint density at radius 3 is 2.66 bits per heavy atom. The molecule has 0 spiro atoms. The molecule has 2 aromatic carbocycles. The zero-order chi connectivity index (χ0) is 26.9. The van der Waals surface area contributed by atoms with Crippen LogP contribution in [-0.4, -0.2) is 60.3 Å². The van der Waals surface area contributed by atoms with Gasteiger partial charge in [-0.05, 0) is 49.1 Å². The van der Waals surface area contributed by atoms with E-state index >= 15 is 0 Å². The van der Waals surface area contributed by atoms with E-state index in [4.69, 9.17) is 13.9 Å². The second-order valence-electron chi connectivity index (χ2n) is 9.06. The van der Waals surface area contributed by atoms with Crippen LogP contribution in [0.15, 0.2) is 51.7 Å². The molecule has 1 aliphatic rings. The van der Waals surface area contributed by atoms with Crippen molar-refractivity contribution in [1.82, 2.24) is 10.2 Å². The predicted molar refractivity (Wildman–Crippen MR) is 139 cm³/mol. The number of ether oxygens (including phenoxy) is 2. The van der Waals surface area contributed by atoms with Gasteiger partial charge in [-0.3, -0.25) is 19.8 Å². The van der Waals surface area contributed by atoms with Crippen LogP contribution >= 0.6 is 0 Å². The summed E-state index contributed by atoms with van der Waals surface area (Å²) in [4.78, 5) is 37.2. The van der Waals surface area contributed by atoms with Gasteiger partial charge in [-0.2, -0.15) is 0 Å². The molecule has 1 aliphatic heterocycles. The second-order valence-corrected chi connectivity index (χ2v) is 9.06. The van der Waals surface area contributed by atoms with E-state index in [2.05, 4.69) is 10.2 Å². The van der Waals surface area contributed by atoms with Crippen LogP contribution in [0.5, 0.6) is 5.75 Å². The molecule has 1 amide bonds. The van der Waals surface area contributed by atoms with Crippen molar-refractivity contribution in [2.75, 3.05) is 39.5 Å². The van der Waals surface area contributed by atoms with Crippen LogP contribution in [0.4, 0.5) is 5.69 Å². The number of nitro benzene ring substituents is 1. The molecule has 0 radical (unpaired) electrons. The van der Waals surface area contributed by atoms with Crippen molar-refractivity contribution in [3.8, 4) is 5.75 Å². The van der Waals surface area contributed by atoms with E-state index in [0.717, 1.165) is 36.9 Å². The maximum Gasteiger partial charge on any atom is 0.336 e. The van der Waals surface area contributed by atoms with Gasteiger partial charge in [-0.1, -0.05) is 0 Å². The molecule has 11 nitrogen and oxygen atoms in total. The Bertz CT molecular complexity index is 1330. The molecular formula is C27H31N3O8. The Morgan fingerprint density at radius 1 is 1.08 bits per heavy atom. The van der Waals surface area contributed by atoms with Crippen LogP contribution < -0.4 is 15.7 Å². The number of aliphatic hydroxyl groups is 1. The molecule has 2 heterocycles. The summed E-state index contributed by atoms with van der Waals surface area (Å²) in [5.74, 6) is 0.213. The van der Waals surface area contributed by atoms with Crippen molar-refractivity contribution >= 4 is 22.6 Å². The fourth-order valence-electron chi connectivity index (χ4n) is 4.34. The number of carbonyl (C=O) groups is 1. The molecule has 11 heteroatoms. The normalized spacial score (nSPS) is 13.9. The summed E-state index contributed by atoms with van der Waals surface area (Å²) in [7, 11) is 0. The molecule has 1 aromatic heterocycles. The third-order valence-corrected chi connectivity index (χ3v) is 6.39. The average Bonchev–Trinajstić information content (AvgIpc) is 2.92. The van der Waals surface area contributed by atoms with E-state index in [9.17, 15) is 24.8 Å². The van der Waals surface area contributed by atoms with E-state index in [1.54, 1.807) is 12.1 Å². The van der Waals surface area contributed by atoms with Crippen molar-refractivity contribution < 1.29 is 28.7 Å². The summed E-state index contributed by atoms with van der Waals surface area (Å²) in [6.07, 6.45) is 2.27. The number of nitrogens with one attached hydrogen (secondary N) is 1. The minimum absolute atomic E-state index is 0.161. The molecule has 0 atom stereocenters. The van der Waals surface area contributed by atoms with E-state index in [0.29, 0.717) is 50.7 Å². The number of nitrogens with zero attached hydrogens (tertiary/aromatic N) is 2. The topological polar surface area (TPSA) is 144 Å². The number of benzene rings is 2. The first-order valence-electron chi connectivity index (χ1n) is 12.6. The van der Waals surface area contributed by atoms with Crippen molar-refractivity contribution in [2.45, 2.75) is 32.4 Å². The highest BCUT2D eigenvalue weighted by Gasteiger charge is 2.17. The summed E-state index contributed by atoms with van der Waals surface area (Å²) in [5, 5.41) is 24.0. The Morgan fingerprint density at radius 2 is 1.89 bits per heavy atom. The monoisotopic (exact) mass is 525 g/mol. The number of morpholine rings is 1. The highest BCUT2D eigenvalue weighted by atomic mass is 16.6. The van der Waals surface area contributed by atoms with Crippen LogP contribution in [0, 0.1) is 10.1 Å². The van der Waals surface area contributed by atoms with E-state index in [1.165, 1.54) is 18.2 Å². The number of fused-ring (bicyclic) bond motifs is 1. The zero-order valence-electron chi connectivity index (χ0n) is 21.0. The maximum absolute atomic E-state index is 12.3. The van der Waals surface area contributed by atoms with Crippen LogP contribution in [0.25, 0.3) is 11.0 Å². The Kier molecular flexibility index (Phi) is 9.41. The second kappa shape index (κ2) is 13.1. The lowest BCUT2D eigenvalue weighted by molar-refractivity contribution is -0.385. The van der Waals surface area contributed by atoms with E-state index in [1.807, 2.05) is 12.1 Å². The highest BCUT2D eigenvalue weighted by Crippen LogP contribution is 2.24. The van der Waals surface area contributed by atoms with E-state index in [-0.39, 0.29) is 22.4 Å². The predicted octanol–water partition coefficient (Wildman–Crippen LogP) is 3.00. The first-order valence-corrected chi connectivity index (χ1v) is 12.6. The largest absolute Gasteiger partial charge is 0.493 e. The lowest BCUT2D eigenvalue weighted by Crippen LogP contribution is -2.35. The fourth-order valence-corrected chi connectivity index (χ4v) is 4.34. The maximum atomic E-state index is 12.3. The first kappa shape index (κ1) is 27.2. The standard InChI is InChI=1S/C27H31N3O8/c31-18-20-5-4-19(14-24(20)30(34)35)27(33)28-8-2-1-3-11-37-22-6-7-23-21(15-26(32)38-25(23)16-22)17-29-9-12-36-13-10-29/h4-7,14-16,31H,1-3,8-13,17-18H2,(H,28,33). The van der Waals surface area contributed by atoms with Gasteiger partial charge in [0.05, 0.1) is 36.9 Å². The van der Waals surface area contributed by atoms with Gasteiger partial charge in [-0.25, -0.2) is 4.79 Å². The molecule has 1 fully saturated rings.